The number of nitrogens with one attached hydrogen (secondary N) is 1. The SMILES string of the molecule is CCCNCc1ccc(OC)c(CSc2nnnn2C)c1. The van der Waals surface area contributed by atoms with Crippen LogP contribution >= 0.6 is 11.8 Å². The fourth-order valence-corrected chi connectivity index (χ4v) is 2.78. The molecule has 1 aromatic carbocycles. The summed E-state index contributed by atoms with van der Waals surface area (Å²) in [5.41, 5.74) is 2.41. The van der Waals surface area contributed by atoms with E-state index in [-0.39, 0.29) is 0 Å². The zero-order chi connectivity index (χ0) is 15.1. The maximum Gasteiger partial charge on any atom is 0.209 e. The van der Waals surface area contributed by atoms with Gasteiger partial charge in [-0.05, 0) is 41.1 Å². The highest BCUT2D eigenvalue weighted by Gasteiger charge is 2.08. The molecule has 1 N–H and O–H groups in total. The first-order valence-electron chi connectivity index (χ1n) is 6.96. The second kappa shape index (κ2) is 7.99. The summed E-state index contributed by atoms with van der Waals surface area (Å²) in [4.78, 5) is 0. The van der Waals surface area contributed by atoms with E-state index in [0.29, 0.717) is 0 Å². The summed E-state index contributed by atoms with van der Waals surface area (Å²) >= 11 is 1.60. The first kappa shape index (κ1) is 15.8. The van der Waals surface area contributed by atoms with Crippen LogP contribution in [0.25, 0.3) is 0 Å². The minimum atomic E-state index is 0.777. The Morgan fingerprint density at radius 3 is 2.90 bits per heavy atom. The molecule has 0 spiro atoms. The summed E-state index contributed by atoms with van der Waals surface area (Å²) in [5.74, 6) is 1.68. The zero-order valence-corrected chi connectivity index (χ0v) is 13.5. The molecule has 1 aromatic heterocycles. The molecule has 0 bridgehead atoms. The summed E-state index contributed by atoms with van der Waals surface area (Å²) in [5, 5.41) is 15.7. The minimum Gasteiger partial charge on any atom is -0.496 e. The van der Waals surface area contributed by atoms with Gasteiger partial charge in [0.1, 0.15) is 5.75 Å². The van der Waals surface area contributed by atoms with E-state index >= 15 is 0 Å². The number of hydrogen-bond donors (Lipinski definition) is 1. The van der Waals surface area contributed by atoms with Crippen molar-refractivity contribution in [2.24, 2.45) is 7.05 Å². The highest BCUT2D eigenvalue weighted by molar-refractivity contribution is 7.98. The van der Waals surface area contributed by atoms with E-state index in [1.165, 1.54) is 5.56 Å². The smallest absolute Gasteiger partial charge is 0.209 e. The molecule has 21 heavy (non-hydrogen) atoms. The Bertz CT molecular complexity index is 572. The predicted octanol–water partition coefficient (Wildman–Crippen LogP) is 2.01. The average molecular weight is 307 g/mol. The minimum absolute atomic E-state index is 0.777. The molecule has 0 aliphatic carbocycles. The van der Waals surface area contributed by atoms with Crippen molar-refractivity contribution in [2.75, 3.05) is 13.7 Å². The van der Waals surface area contributed by atoms with Gasteiger partial charge in [-0.25, -0.2) is 4.68 Å². The Labute approximate surface area is 129 Å². The lowest BCUT2D eigenvalue weighted by atomic mass is 10.1. The van der Waals surface area contributed by atoms with Crippen LogP contribution in [0.3, 0.4) is 0 Å². The number of benzene rings is 1. The first-order valence-corrected chi connectivity index (χ1v) is 7.94. The summed E-state index contributed by atoms with van der Waals surface area (Å²) < 4.78 is 7.10. The van der Waals surface area contributed by atoms with Crippen molar-refractivity contribution in [2.45, 2.75) is 30.8 Å². The van der Waals surface area contributed by atoms with Crippen LogP contribution in [0.1, 0.15) is 24.5 Å². The Morgan fingerprint density at radius 1 is 1.38 bits per heavy atom. The number of nitrogens with zero attached hydrogens (tertiary/aromatic N) is 4. The van der Waals surface area contributed by atoms with Crippen LogP contribution in [0.4, 0.5) is 0 Å². The lowest BCUT2D eigenvalue weighted by Gasteiger charge is -2.11. The van der Waals surface area contributed by atoms with Crippen LogP contribution in [0, 0.1) is 0 Å². The van der Waals surface area contributed by atoms with Crippen LogP contribution in [0.5, 0.6) is 5.75 Å². The topological polar surface area (TPSA) is 64.9 Å². The maximum absolute atomic E-state index is 5.43. The average Bonchev–Trinajstić information content (AvgIpc) is 2.91. The molecule has 0 fully saturated rings. The molecule has 114 valence electrons. The van der Waals surface area contributed by atoms with Crippen LogP contribution in [0.15, 0.2) is 23.4 Å². The second-order valence-electron chi connectivity index (χ2n) is 4.70. The molecule has 0 amide bonds. The Balaban J connectivity index is 2.05. The summed E-state index contributed by atoms with van der Waals surface area (Å²) in [6.07, 6.45) is 1.14. The van der Waals surface area contributed by atoms with Gasteiger partial charge in [-0.1, -0.05) is 24.8 Å². The molecule has 0 unspecified atom stereocenters. The molecule has 7 heteroatoms. The van der Waals surface area contributed by atoms with Gasteiger partial charge in [0.25, 0.3) is 0 Å². The van der Waals surface area contributed by atoms with Crippen molar-refractivity contribution in [3.05, 3.63) is 29.3 Å². The Kier molecular flexibility index (Phi) is 6.01. The maximum atomic E-state index is 5.43. The fourth-order valence-electron chi connectivity index (χ4n) is 1.95. The Hall–Kier alpha value is -1.60. The van der Waals surface area contributed by atoms with Crippen molar-refractivity contribution < 1.29 is 4.74 Å². The standard InChI is InChI=1S/C14H21N5OS/c1-4-7-15-9-11-5-6-13(20-3)12(8-11)10-21-14-16-17-18-19(14)2/h5-6,8,15H,4,7,9-10H2,1-3H3. The number of thioether (sulfide) groups is 1. The second-order valence-corrected chi connectivity index (χ2v) is 5.64. The van der Waals surface area contributed by atoms with Crippen LogP contribution in [-0.4, -0.2) is 33.9 Å². The van der Waals surface area contributed by atoms with Gasteiger partial charge in [-0.15, -0.1) is 5.10 Å². The van der Waals surface area contributed by atoms with E-state index < -0.39 is 0 Å². The summed E-state index contributed by atoms with van der Waals surface area (Å²) in [6, 6.07) is 6.30. The number of aryl methyl sites for hydroxylation is 1. The van der Waals surface area contributed by atoms with E-state index in [1.54, 1.807) is 23.6 Å². The largest absolute Gasteiger partial charge is 0.496 e. The molecule has 2 rings (SSSR count). The summed E-state index contributed by atoms with van der Waals surface area (Å²) in [6.45, 7) is 4.07. The van der Waals surface area contributed by atoms with Crippen LogP contribution in [-0.2, 0) is 19.3 Å². The van der Waals surface area contributed by atoms with Gasteiger partial charge in [-0.3, -0.25) is 0 Å². The van der Waals surface area contributed by atoms with Crippen molar-refractivity contribution in [3.63, 3.8) is 0 Å². The number of hydrogen-bond acceptors (Lipinski definition) is 6. The number of methoxy groups -OCH3 is 1. The number of tetrazole rings is 1. The first-order chi connectivity index (χ1) is 10.2. The third-order valence-electron chi connectivity index (χ3n) is 3.04. The number of ether oxygens (including phenoxy) is 1. The third-order valence-corrected chi connectivity index (χ3v) is 4.10. The van der Waals surface area contributed by atoms with Gasteiger partial charge >= 0.3 is 0 Å². The van der Waals surface area contributed by atoms with Gasteiger partial charge in [0.2, 0.25) is 5.16 Å². The van der Waals surface area contributed by atoms with Crippen molar-refractivity contribution in [3.8, 4) is 5.75 Å². The summed E-state index contributed by atoms with van der Waals surface area (Å²) in [7, 11) is 3.53. The number of rotatable bonds is 8. The molecule has 0 atom stereocenters. The van der Waals surface area contributed by atoms with Crippen molar-refractivity contribution in [1.29, 1.82) is 0 Å². The molecule has 0 saturated heterocycles. The van der Waals surface area contributed by atoms with Gasteiger partial charge in [-0.2, -0.15) is 0 Å². The van der Waals surface area contributed by atoms with E-state index in [9.17, 15) is 0 Å². The highest BCUT2D eigenvalue weighted by atomic mass is 32.2. The van der Waals surface area contributed by atoms with Gasteiger partial charge in [0.05, 0.1) is 7.11 Å². The van der Waals surface area contributed by atoms with E-state index in [4.69, 9.17) is 4.74 Å². The van der Waals surface area contributed by atoms with Crippen LogP contribution < -0.4 is 10.1 Å². The van der Waals surface area contributed by atoms with Gasteiger partial charge < -0.3 is 10.1 Å². The molecular weight excluding hydrogens is 286 g/mol. The fraction of sp³-hybridized carbons (Fsp3) is 0.500. The normalized spacial score (nSPS) is 10.8. The lowest BCUT2D eigenvalue weighted by Crippen LogP contribution is -2.13. The van der Waals surface area contributed by atoms with E-state index in [0.717, 1.165) is 41.7 Å². The zero-order valence-electron chi connectivity index (χ0n) is 12.7. The molecule has 0 aliphatic rings. The predicted molar refractivity (Wildman–Crippen MR) is 83.4 cm³/mol. The molecular formula is C14H21N5OS. The quantitative estimate of drug-likeness (QED) is 0.594. The van der Waals surface area contributed by atoms with E-state index in [2.05, 4.69) is 39.9 Å². The lowest BCUT2D eigenvalue weighted by molar-refractivity contribution is 0.411. The monoisotopic (exact) mass is 307 g/mol. The molecule has 0 saturated carbocycles. The van der Waals surface area contributed by atoms with Gasteiger partial charge in [0.15, 0.2) is 0 Å². The Morgan fingerprint density at radius 2 is 2.24 bits per heavy atom. The molecule has 2 aromatic rings. The highest BCUT2D eigenvalue weighted by Crippen LogP contribution is 2.27. The van der Waals surface area contributed by atoms with Crippen LogP contribution in [0.2, 0.25) is 0 Å². The molecule has 6 nitrogen and oxygen atoms in total. The van der Waals surface area contributed by atoms with E-state index in [1.807, 2.05) is 13.1 Å². The number of aromatic nitrogens is 4. The van der Waals surface area contributed by atoms with Gasteiger partial charge in [0, 0.05) is 24.9 Å². The molecule has 0 aliphatic heterocycles. The molecule has 0 radical (unpaired) electrons. The third kappa shape index (κ3) is 4.44. The van der Waals surface area contributed by atoms with Crippen molar-refractivity contribution in [1.82, 2.24) is 25.5 Å². The van der Waals surface area contributed by atoms with Crippen molar-refractivity contribution >= 4 is 11.8 Å². The molecule has 1 heterocycles.